The van der Waals surface area contributed by atoms with E-state index in [1.807, 2.05) is 11.3 Å². The van der Waals surface area contributed by atoms with E-state index in [1.54, 1.807) is 0 Å². The van der Waals surface area contributed by atoms with E-state index in [2.05, 4.69) is 215 Å². The summed E-state index contributed by atoms with van der Waals surface area (Å²) in [5.41, 5.74) is 14.6. The Bertz CT molecular complexity index is 3490. The number of aromatic nitrogens is 2. The maximum absolute atomic E-state index is 2.51. The molecule has 0 aliphatic rings. The van der Waals surface area contributed by atoms with Crippen molar-refractivity contribution in [3.63, 3.8) is 0 Å². The van der Waals surface area contributed by atoms with E-state index >= 15 is 0 Å². The quantitative estimate of drug-likeness (QED) is 0.166. The third-order valence-electron chi connectivity index (χ3n) is 11.7. The van der Waals surface area contributed by atoms with Crippen LogP contribution in [0.5, 0.6) is 0 Å². The fraction of sp³-hybridized carbons (Fsp3) is 0. The second-order valence-corrected chi connectivity index (χ2v) is 15.9. The number of benzene rings is 9. The third kappa shape index (κ3) is 4.96. The van der Waals surface area contributed by atoms with Gasteiger partial charge < -0.3 is 9.13 Å². The summed E-state index contributed by atoms with van der Waals surface area (Å²) < 4.78 is 7.59. The van der Waals surface area contributed by atoms with Crippen LogP contribution in [0.4, 0.5) is 0 Å². The van der Waals surface area contributed by atoms with Crippen molar-refractivity contribution in [1.29, 1.82) is 0 Å². The highest BCUT2D eigenvalue weighted by molar-refractivity contribution is 7.26. The van der Waals surface area contributed by atoms with Crippen molar-refractivity contribution in [2.75, 3.05) is 0 Å². The summed E-state index contributed by atoms with van der Waals surface area (Å²) in [5.74, 6) is 0. The summed E-state index contributed by atoms with van der Waals surface area (Å²) in [5, 5.41) is 7.59. The molecule has 0 aliphatic heterocycles. The highest BCUT2D eigenvalue weighted by atomic mass is 32.1. The summed E-state index contributed by atoms with van der Waals surface area (Å²) in [6.07, 6.45) is 0. The van der Waals surface area contributed by atoms with E-state index in [4.69, 9.17) is 0 Å². The molecule has 0 radical (unpaired) electrons. The number of fused-ring (bicyclic) bond motifs is 9. The molecule has 3 aromatic heterocycles. The van der Waals surface area contributed by atoms with Crippen LogP contribution in [-0.2, 0) is 0 Å². The van der Waals surface area contributed by atoms with Gasteiger partial charge in [-0.3, -0.25) is 0 Å². The van der Waals surface area contributed by atoms with E-state index in [0.717, 1.165) is 5.69 Å². The number of para-hydroxylation sites is 2. The normalized spacial score (nSPS) is 11.9. The molecule has 0 N–H and O–H groups in total. The van der Waals surface area contributed by atoms with Crippen molar-refractivity contribution in [1.82, 2.24) is 9.13 Å². The van der Waals surface area contributed by atoms with Gasteiger partial charge in [-0.25, -0.2) is 0 Å². The molecular weight excluding hydrogens is 709 g/mol. The SMILES string of the molecule is c1ccc(-c2ccc(-c3cccc(-n4c5ccccc5c5cc6c(cc54)c4ccccc4n6-c4cccc5c4sc4c(-c6ccccc6)cccc45)c3)cc2)cc1. The fourth-order valence-corrected chi connectivity index (χ4v) is 10.4. The number of rotatable bonds is 5. The minimum atomic E-state index is 1.15. The predicted molar refractivity (Wildman–Crippen MR) is 244 cm³/mol. The Morgan fingerprint density at radius 3 is 1.47 bits per heavy atom. The molecule has 266 valence electrons. The maximum atomic E-state index is 2.51. The summed E-state index contributed by atoms with van der Waals surface area (Å²) in [6.45, 7) is 0. The van der Waals surface area contributed by atoms with Gasteiger partial charge in [-0.1, -0.05) is 164 Å². The summed E-state index contributed by atoms with van der Waals surface area (Å²) in [7, 11) is 0. The molecule has 12 aromatic rings. The highest BCUT2D eigenvalue weighted by Crippen LogP contribution is 2.45. The zero-order valence-electron chi connectivity index (χ0n) is 30.9. The first-order valence-corrected chi connectivity index (χ1v) is 20.3. The van der Waals surface area contributed by atoms with Gasteiger partial charge in [0.05, 0.1) is 32.5 Å². The van der Waals surface area contributed by atoms with Crippen LogP contribution in [0.3, 0.4) is 0 Å². The van der Waals surface area contributed by atoms with E-state index < -0.39 is 0 Å². The van der Waals surface area contributed by atoms with Gasteiger partial charge in [0.1, 0.15) is 0 Å². The predicted octanol–water partition coefficient (Wildman–Crippen LogP) is 15.2. The first kappa shape index (κ1) is 32.1. The Hall–Kier alpha value is -7.20. The molecule has 0 aliphatic carbocycles. The molecule has 0 spiro atoms. The largest absolute Gasteiger partial charge is 0.309 e. The zero-order chi connectivity index (χ0) is 37.5. The zero-order valence-corrected chi connectivity index (χ0v) is 31.7. The van der Waals surface area contributed by atoms with Gasteiger partial charge in [-0.2, -0.15) is 0 Å². The Morgan fingerprint density at radius 1 is 0.281 bits per heavy atom. The Kier molecular flexibility index (Phi) is 7.13. The van der Waals surface area contributed by atoms with Crippen molar-refractivity contribution in [2.45, 2.75) is 0 Å². The van der Waals surface area contributed by atoms with E-state index in [-0.39, 0.29) is 0 Å². The van der Waals surface area contributed by atoms with Crippen LogP contribution in [-0.4, -0.2) is 9.13 Å². The highest BCUT2D eigenvalue weighted by Gasteiger charge is 2.21. The lowest BCUT2D eigenvalue weighted by Crippen LogP contribution is -1.95. The van der Waals surface area contributed by atoms with Crippen LogP contribution in [0, 0.1) is 0 Å². The number of hydrogen-bond acceptors (Lipinski definition) is 1. The van der Waals surface area contributed by atoms with E-state index in [1.165, 1.54) is 103 Å². The van der Waals surface area contributed by atoms with Gasteiger partial charge in [0.2, 0.25) is 0 Å². The second-order valence-electron chi connectivity index (χ2n) is 14.9. The minimum Gasteiger partial charge on any atom is -0.309 e. The summed E-state index contributed by atoms with van der Waals surface area (Å²) in [4.78, 5) is 0. The van der Waals surface area contributed by atoms with Gasteiger partial charge in [0.15, 0.2) is 0 Å². The van der Waals surface area contributed by atoms with Crippen molar-refractivity contribution < 1.29 is 0 Å². The summed E-state index contributed by atoms with van der Waals surface area (Å²) >= 11 is 1.91. The summed E-state index contributed by atoms with van der Waals surface area (Å²) in [6, 6.07) is 75.5. The third-order valence-corrected chi connectivity index (χ3v) is 13.0. The fourth-order valence-electron chi connectivity index (χ4n) is 9.11. The molecule has 0 saturated carbocycles. The Morgan fingerprint density at radius 2 is 0.772 bits per heavy atom. The van der Waals surface area contributed by atoms with Gasteiger partial charge in [-0.05, 0) is 75.8 Å². The topological polar surface area (TPSA) is 9.86 Å². The van der Waals surface area contributed by atoms with Crippen LogP contribution in [0.2, 0.25) is 0 Å². The van der Waals surface area contributed by atoms with Crippen LogP contribution in [0.15, 0.2) is 206 Å². The van der Waals surface area contributed by atoms with E-state index in [9.17, 15) is 0 Å². The molecule has 0 amide bonds. The smallest absolute Gasteiger partial charge is 0.0640 e. The molecule has 0 fully saturated rings. The first-order valence-electron chi connectivity index (χ1n) is 19.5. The van der Waals surface area contributed by atoms with Crippen molar-refractivity contribution >= 4 is 75.1 Å². The molecule has 3 heteroatoms. The molecular formula is C54H34N2S. The van der Waals surface area contributed by atoms with Crippen LogP contribution in [0.25, 0.3) is 109 Å². The van der Waals surface area contributed by atoms with Crippen molar-refractivity contribution in [3.05, 3.63) is 206 Å². The number of nitrogens with zero attached hydrogens (tertiary/aromatic N) is 2. The lowest BCUT2D eigenvalue weighted by molar-refractivity contribution is 1.18. The average molecular weight is 743 g/mol. The van der Waals surface area contributed by atoms with E-state index in [0.29, 0.717) is 0 Å². The molecule has 0 saturated heterocycles. The molecule has 0 unspecified atom stereocenters. The molecule has 3 heterocycles. The first-order chi connectivity index (χ1) is 28.3. The van der Waals surface area contributed by atoms with Gasteiger partial charge in [0, 0.05) is 42.7 Å². The van der Waals surface area contributed by atoms with Gasteiger partial charge >= 0.3 is 0 Å². The maximum Gasteiger partial charge on any atom is 0.0640 e. The molecule has 57 heavy (non-hydrogen) atoms. The number of hydrogen-bond donors (Lipinski definition) is 0. The minimum absolute atomic E-state index is 1.15. The molecule has 2 nitrogen and oxygen atoms in total. The number of thiophene rings is 1. The Balaban J connectivity index is 1.07. The molecule has 0 bridgehead atoms. The monoisotopic (exact) mass is 742 g/mol. The van der Waals surface area contributed by atoms with Crippen molar-refractivity contribution in [3.8, 4) is 44.8 Å². The second kappa shape index (κ2) is 12.7. The van der Waals surface area contributed by atoms with Crippen LogP contribution < -0.4 is 0 Å². The van der Waals surface area contributed by atoms with Gasteiger partial charge in [-0.15, -0.1) is 11.3 Å². The van der Waals surface area contributed by atoms with Crippen LogP contribution >= 0.6 is 11.3 Å². The standard InChI is InChI=1S/C54H34N2S/c1-3-14-35(15-4-1)36-28-30-37(31-29-36)39-18-11-19-40(32-39)55-48-25-9-7-20-42(48)46-34-52-47(33-51(46)55)43-21-8-10-26-49(43)56(52)50-27-13-24-45-44-23-12-22-41(53(44)57-54(45)50)38-16-5-2-6-17-38/h1-34H. The Labute approximate surface area is 333 Å². The molecule has 12 rings (SSSR count). The van der Waals surface area contributed by atoms with Gasteiger partial charge in [0.25, 0.3) is 0 Å². The molecule has 9 aromatic carbocycles. The van der Waals surface area contributed by atoms with Crippen molar-refractivity contribution in [2.24, 2.45) is 0 Å². The lowest BCUT2D eigenvalue weighted by atomic mass is 10.00. The molecule has 0 atom stereocenters. The average Bonchev–Trinajstić information content (AvgIpc) is 3.94. The van der Waals surface area contributed by atoms with Crippen LogP contribution in [0.1, 0.15) is 0 Å². The lowest BCUT2D eigenvalue weighted by Gasteiger charge is -2.12.